The Bertz CT molecular complexity index is 470. The van der Waals surface area contributed by atoms with Gasteiger partial charge in [-0.25, -0.2) is 0 Å². The zero-order chi connectivity index (χ0) is 16.6. The summed E-state index contributed by atoms with van der Waals surface area (Å²) in [5, 5.41) is 0. The summed E-state index contributed by atoms with van der Waals surface area (Å²) in [7, 11) is 0. The van der Waals surface area contributed by atoms with Gasteiger partial charge in [-0.2, -0.15) is 0 Å². The van der Waals surface area contributed by atoms with Crippen molar-refractivity contribution in [1.82, 2.24) is 0 Å². The fourth-order valence-electron chi connectivity index (χ4n) is 6.83. The van der Waals surface area contributed by atoms with Crippen molar-refractivity contribution in [2.24, 2.45) is 35.0 Å². The maximum atomic E-state index is 4.15. The van der Waals surface area contributed by atoms with Gasteiger partial charge in [0.15, 0.2) is 0 Å². The van der Waals surface area contributed by atoms with Crippen LogP contribution in [0.2, 0.25) is 0 Å². The quantitative estimate of drug-likeness (QED) is 0.450. The second-order valence-electron chi connectivity index (χ2n) is 8.86. The lowest BCUT2D eigenvalue weighted by Crippen LogP contribution is -2.43. The molecule has 0 bridgehead atoms. The molecule has 4 rings (SSSR count). The van der Waals surface area contributed by atoms with E-state index < -0.39 is 0 Å². The third-order valence-electron chi connectivity index (χ3n) is 7.98. The van der Waals surface area contributed by atoms with Gasteiger partial charge in [-0.05, 0) is 92.8 Å². The molecule has 0 aromatic heterocycles. The Morgan fingerprint density at radius 3 is 2.57 bits per heavy atom. The number of rotatable bonds is 1. The molecule has 0 nitrogen and oxygen atoms in total. The molecule has 6 atom stereocenters. The Kier molecular flexibility index (Phi) is 5.09. The van der Waals surface area contributed by atoms with Crippen LogP contribution in [0.25, 0.3) is 0 Å². The van der Waals surface area contributed by atoms with E-state index >= 15 is 0 Å². The smallest absolute Gasteiger partial charge is 0.0169 e. The average Bonchev–Trinajstić information content (AvgIpc) is 2.92. The highest BCUT2D eigenvalue weighted by atomic mass is 14.6. The molecule has 2 fully saturated rings. The van der Waals surface area contributed by atoms with Crippen molar-refractivity contribution in [3.05, 3.63) is 23.8 Å². The number of allylic oxidation sites excluding steroid dienone is 3. The summed E-state index contributed by atoms with van der Waals surface area (Å²) < 4.78 is 0. The van der Waals surface area contributed by atoms with Crippen molar-refractivity contribution in [1.29, 1.82) is 0 Å². The lowest BCUT2D eigenvalue weighted by Gasteiger charge is -2.52. The summed E-state index contributed by atoms with van der Waals surface area (Å²) in [6, 6.07) is 0. The van der Waals surface area contributed by atoms with Gasteiger partial charge >= 0.3 is 0 Å². The lowest BCUT2D eigenvalue weighted by atomic mass is 9.53. The molecule has 0 aromatic carbocycles. The van der Waals surface area contributed by atoms with Gasteiger partial charge in [0, 0.05) is 0 Å². The fourth-order valence-corrected chi connectivity index (χ4v) is 6.83. The van der Waals surface area contributed by atoms with Gasteiger partial charge in [-0.1, -0.05) is 44.9 Å². The zero-order valence-corrected chi connectivity index (χ0v) is 16.0. The van der Waals surface area contributed by atoms with Crippen molar-refractivity contribution in [2.45, 2.75) is 85.5 Å². The van der Waals surface area contributed by atoms with Crippen molar-refractivity contribution in [3.63, 3.8) is 0 Å². The van der Waals surface area contributed by atoms with Crippen molar-refractivity contribution >= 4 is 0 Å². The molecular weight excluding hydrogens is 276 g/mol. The molecule has 0 N–H and O–H groups in total. The Morgan fingerprint density at radius 2 is 1.83 bits per heavy atom. The van der Waals surface area contributed by atoms with Crippen molar-refractivity contribution in [2.75, 3.05) is 0 Å². The molecule has 4 aliphatic rings. The molecule has 2 saturated carbocycles. The Hall–Kier alpha value is -0.520. The number of hydrogen-bond acceptors (Lipinski definition) is 0. The highest BCUT2D eigenvalue weighted by Crippen LogP contribution is 2.63. The van der Waals surface area contributed by atoms with E-state index in [1.807, 2.05) is 25.0 Å². The molecule has 0 amide bonds. The van der Waals surface area contributed by atoms with Crippen LogP contribution in [0.4, 0.5) is 0 Å². The molecule has 0 radical (unpaired) electrons. The van der Waals surface area contributed by atoms with Gasteiger partial charge in [-0.3, -0.25) is 0 Å². The molecule has 23 heavy (non-hydrogen) atoms. The highest BCUT2D eigenvalue weighted by Gasteiger charge is 2.54. The zero-order valence-electron chi connectivity index (χ0n) is 16.0. The molecule has 0 aliphatic heterocycles. The molecular formula is C23H38. The average molecular weight is 315 g/mol. The summed E-state index contributed by atoms with van der Waals surface area (Å²) in [5.74, 6) is 4.73. The normalized spacial score (nSPS) is 45.3. The topological polar surface area (TPSA) is 0 Å². The largest absolute Gasteiger partial charge is 0.103 e. The minimum absolute atomic E-state index is 0.586. The SMILES string of the molecule is C=CC1CCC2C3CCC4=C(CCC(C)C4)C3CCC12C.CC. The van der Waals surface area contributed by atoms with Crippen molar-refractivity contribution < 1.29 is 0 Å². The Morgan fingerprint density at radius 1 is 1.04 bits per heavy atom. The second kappa shape index (κ2) is 6.77. The van der Waals surface area contributed by atoms with Crippen LogP contribution in [0.3, 0.4) is 0 Å². The standard InChI is InChI=1S/C21H32.C2H6/c1-4-16-7-10-20-19-9-6-15-13-14(2)5-8-17(15)18(19)11-12-21(16,20)3;1-2/h4,14,16,18-20H,1,5-13H2,2-3H3;1-2H3. The molecule has 0 heterocycles. The first-order chi connectivity index (χ1) is 11.1. The van der Waals surface area contributed by atoms with E-state index in [4.69, 9.17) is 0 Å². The lowest BCUT2D eigenvalue weighted by molar-refractivity contribution is 0.0236. The Labute approximate surface area is 144 Å². The van der Waals surface area contributed by atoms with Crippen LogP contribution in [-0.4, -0.2) is 0 Å². The predicted octanol–water partition coefficient (Wildman–Crippen LogP) is 7.17. The van der Waals surface area contributed by atoms with Crippen LogP contribution in [0.1, 0.15) is 85.5 Å². The van der Waals surface area contributed by atoms with E-state index in [-0.39, 0.29) is 0 Å². The van der Waals surface area contributed by atoms with Crippen LogP contribution >= 0.6 is 0 Å². The summed E-state index contributed by atoms with van der Waals surface area (Å²) in [6.45, 7) is 13.2. The van der Waals surface area contributed by atoms with Gasteiger partial charge in [-0.15, -0.1) is 6.58 Å². The van der Waals surface area contributed by atoms with Gasteiger partial charge in [0.05, 0.1) is 0 Å². The van der Waals surface area contributed by atoms with Gasteiger partial charge in [0.1, 0.15) is 0 Å². The summed E-state index contributed by atoms with van der Waals surface area (Å²) in [6.07, 6.45) is 15.4. The van der Waals surface area contributed by atoms with Gasteiger partial charge in [0.25, 0.3) is 0 Å². The maximum Gasteiger partial charge on any atom is -0.0169 e. The highest BCUT2D eigenvalue weighted by molar-refractivity contribution is 5.27. The van der Waals surface area contributed by atoms with E-state index in [2.05, 4.69) is 26.5 Å². The molecule has 130 valence electrons. The molecule has 0 aromatic rings. The predicted molar refractivity (Wildman–Crippen MR) is 101 cm³/mol. The number of fused-ring (bicyclic) bond motifs is 4. The minimum atomic E-state index is 0.586. The number of hydrogen-bond donors (Lipinski definition) is 0. The summed E-state index contributed by atoms with van der Waals surface area (Å²) in [4.78, 5) is 0. The van der Waals surface area contributed by atoms with Crippen LogP contribution < -0.4 is 0 Å². The first kappa shape index (κ1) is 17.3. The minimum Gasteiger partial charge on any atom is -0.103 e. The first-order valence-electron chi connectivity index (χ1n) is 10.5. The van der Waals surface area contributed by atoms with E-state index in [0.717, 1.165) is 29.6 Å². The van der Waals surface area contributed by atoms with E-state index in [0.29, 0.717) is 5.41 Å². The monoisotopic (exact) mass is 314 g/mol. The molecule has 0 heteroatoms. The third-order valence-corrected chi connectivity index (χ3v) is 7.98. The molecule has 6 unspecified atom stereocenters. The second-order valence-corrected chi connectivity index (χ2v) is 8.86. The molecule has 4 aliphatic carbocycles. The van der Waals surface area contributed by atoms with Crippen LogP contribution in [0, 0.1) is 35.0 Å². The maximum absolute atomic E-state index is 4.15. The Balaban J connectivity index is 0.000000753. The molecule has 0 saturated heterocycles. The molecule has 0 spiro atoms. The summed E-state index contributed by atoms with van der Waals surface area (Å²) in [5.41, 5.74) is 4.44. The first-order valence-corrected chi connectivity index (χ1v) is 10.5. The van der Waals surface area contributed by atoms with Crippen molar-refractivity contribution in [3.8, 4) is 0 Å². The van der Waals surface area contributed by atoms with Crippen LogP contribution in [0.15, 0.2) is 23.8 Å². The van der Waals surface area contributed by atoms with Crippen LogP contribution in [0.5, 0.6) is 0 Å². The van der Waals surface area contributed by atoms with Crippen LogP contribution in [-0.2, 0) is 0 Å². The van der Waals surface area contributed by atoms with E-state index in [9.17, 15) is 0 Å². The van der Waals surface area contributed by atoms with Gasteiger partial charge in [0.2, 0.25) is 0 Å². The van der Waals surface area contributed by atoms with Gasteiger partial charge < -0.3 is 0 Å². The third kappa shape index (κ3) is 2.75. The fraction of sp³-hybridized carbons (Fsp3) is 0.826. The summed E-state index contributed by atoms with van der Waals surface area (Å²) >= 11 is 0. The van der Waals surface area contributed by atoms with E-state index in [1.165, 1.54) is 57.8 Å². The van der Waals surface area contributed by atoms with E-state index in [1.54, 1.807) is 0 Å².